The zero-order valence-corrected chi connectivity index (χ0v) is 14.6. The van der Waals surface area contributed by atoms with Crippen LogP contribution in [0.25, 0.3) is 5.32 Å². The van der Waals surface area contributed by atoms with Gasteiger partial charge in [0.25, 0.3) is 0 Å². The van der Waals surface area contributed by atoms with Crippen molar-refractivity contribution < 1.29 is 15.1 Å². The quantitative estimate of drug-likeness (QED) is 0.476. The monoisotopic (exact) mass is 339 g/mol. The predicted octanol–water partition coefficient (Wildman–Crippen LogP) is 3.27. The van der Waals surface area contributed by atoms with Gasteiger partial charge in [-0.3, -0.25) is 0 Å². The van der Waals surface area contributed by atoms with Gasteiger partial charge >= 0.3 is 34.5 Å². The molecule has 1 fully saturated rings. The number of hydrogen-bond acceptors (Lipinski definition) is 3. The van der Waals surface area contributed by atoms with E-state index in [1.54, 1.807) is 0 Å². The molecule has 2 aliphatic rings. The molecule has 0 saturated carbocycles. The summed E-state index contributed by atoms with van der Waals surface area (Å²) in [5, 5.41) is 21.6. The van der Waals surface area contributed by atoms with Gasteiger partial charge in [0.15, 0.2) is 0 Å². The maximum absolute atomic E-state index is 10.9. The molecule has 2 aliphatic heterocycles. The molecule has 7 heteroatoms. The van der Waals surface area contributed by atoms with Crippen LogP contribution < -0.4 is 5.32 Å². The summed E-state index contributed by atoms with van der Waals surface area (Å²) in [4.78, 5) is 0. The van der Waals surface area contributed by atoms with E-state index in [1.807, 2.05) is 18.2 Å². The Morgan fingerprint density at radius 2 is 2.28 bits per heavy atom. The van der Waals surface area contributed by atoms with E-state index in [-0.39, 0.29) is 6.04 Å². The summed E-state index contributed by atoms with van der Waals surface area (Å²) in [5.74, 6) is 0. The molecule has 2 rings (SSSR count). The Kier molecular flexibility index (Phi) is 8.69. The fourth-order valence-electron chi connectivity index (χ4n) is 1.94. The fourth-order valence-corrected chi connectivity index (χ4v) is 1.94. The van der Waals surface area contributed by atoms with E-state index < -0.39 is 15.1 Å². The summed E-state index contributed by atoms with van der Waals surface area (Å²) >= 11 is -0.931. The molecule has 0 bridgehead atoms. The Bertz CT molecular complexity index is 328. The molecule has 0 aromatic heterocycles. The van der Waals surface area contributed by atoms with E-state index in [1.165, 1.54) is 0 Å². The maximum Gasteiger partial charge on any atom is 0.0537 e. The number of hydrogen-bond donors (Lipinski definition) is 1. The average Bonchev–Trinajstić information content (AvgIpc) is 2.43. The van der Waals surface area contributed by atoms with Crippen LogP contribution in [0.1, 0.15) is 19.3 Å². The molecule has 0 aromatic carbocycles. The Hall–Kier alpha value is -0.0866. The minimum absolute atomic E-state index is 0.00139. The second kappa shape index (κ2) is 9.79. The summed E-state index contributed by atoms with van der Waals surface area (Å²) in [6.45, 7) is 1.62. The van der Waals surface area contributed by atoms with Gasteiger partial charge in [0.2, 0.25) is 0 Å². The first kappa shape index (κ1) is 16.0. The zero-order chi connectivity index (χ0) is 13.2. The Labute approximate surface area is 123 Å². The van der Waals surface area contributed by atoms with E-state index in [4.69, 9.17) is 19.4 Å². The molecule has 98 valence electrons. The predicted molar refractivity (Wildman–Crippen MR) is 73.6 cm³/mol. The summed E-state index contributed by atoms with van der Waals surface area (Å²) in [6, 6.07) is 0.00139. The number of dihydropyridines is 1. The topological polar surface area (TPSA) is 61.6 Å². The first-order chi connectivity index (χ1) is 8.83. The molecule has 1 N–H and O–H groups in total. The van der Waals surface area contributed by atoms with Crippen LogP contribution >= 0.6 is 19.4 Å². The van der Waals surface area contributed by atoms with Crippen molar-refractivity contribution in [2.75, 3.05) is 13.1 Å². The van der Waals surface area contributed by atoms with Gasteiger partial charge in [-0.2, -0.15) is 0 Å². The molecule has 1 atom stereocenters. The molecule has 0 radical (unpaired) electrons. The molecule has 2 heterocycles. The van der Waals surface area contributed by atoms with Gasteiger partial charge in [-0.15, -0.1) is 6.54 Å². The van der Waals surface area contributed by atoms with Crippen molar-refractivity contribution in [3.05, 3.63) is 34.4 Å². The van der Waals surface area contributed by atoms with Crippen LogP contribution in [-0.2, 0) is 15.1 Å². The van der Waals surface area contributed by atoms with Crippen LogP contribution in [0, 0.1) is 5.21 Å². The molecular formula is C11H15Cl2N3OZn-2. The van der Waals surface area contributed by atoms with Crippen molar-refractivity contribution in [3.63, 3.8) is 0 Å². The fraction of sp³-hybridized carbons (Fsp3) is 0.545. The largest absolute Gasteiger partial charge is 0.792 e. The third-order valence-electron chi connectivity index (χ3n) is 2.73. The molecule has 0 amide bonds. The Balaban J connectivity index is 0.000000492. The Morgan fingerprint density at radius 1 is 1.50 bits per heavy atom. The van der Waals surface area contributed by atoms with Gasteiger partial charge in [-0.05, 0) is 6.08 Å². The molecule has 1 unspecified atom stereocenters. The van der Waals surface area contributed by atoms with E-state index in [2.05, 4.69) is 15.8 Å². The second-order valence-electron chi connectivity index (χ2n) is 3.88. The third-order valence-corrected chi connectivity index (χ3v) is 2.73. The van der Waals surface area contributed by atoms with Gasteiger partial charge in [0.1, 0.15) is 0 Å². The van der Waals surface area contributed by atoms with Crippen molar-refractivity contribution >= 4 is 25.1 Å². The minimum Gasteiger partial charge on any atom is -0.792 e. The average molecular weight is 342 g/mol. The molecule has 0 aromatic rings. The van der Waals surface area contributed by atoms with Gasteiger partial charge in [0, 0.05) is 12.3 Å². The first-order valence-electron chi connectivity index (χ1n) is 5.93. The van der Waals surface area contributed by atoms with Crippen molar-refractivity contribution in [1.29, 1.82) is 0 Å². The molecule has 0 spiro atoms. The minimum atomic E-state index is -0.931. The van der Waals surface area contributed by atoms with Crippen LogP contribution in [0.2, 0.25) is 0 Å². The molecule has 1 saturated heterocycles. The smallest absolute Gasteiger partial charge is 0.0537 e. The molecule has 18 heavy (non-hydrogen) atoms. The van der Waals surface area contributed by atoms with Gasteiger partial charge < -0.3 is 21.0 Å². The van der Waals surface area contributed by atoms with Gasteiger partial charge in [-0.1, -0.05) is 37.5 Å². The summed E-state index contributed by atoms with van der Waals surface area (Å²) in [6.07, 6.45) is 9.06. The van der Waals surface area contributed by atoms with Crippen LogP contribution in [-0.4, -0.2) is 24.8 Å². The zero-order valence-electron chi connectivity index (χ0n) is 10.1. The number of rotatable bonds is 2. The second-order valence-corrected chi connectivity index (χ2v) is 8.51. The van der Waals surface area contributed by atoms with Crippen LogP contribution in [0.4, 0.5) is 0 Å². The van der Waals surface area contributed by atoms with Crippen LogP contribution in [0.15, 0.2) is 29.1 Å². The van der Waals surface area contributed by atoms with E-state index in [9.17, 15) is 5.21 Å². The first-order valence-corrected chi connectivity index (χ1v) is 13.7. The maximum atomic E-state index is 10.9. The Morgan fingerprint density at radius 3 is 2.78 bits per heavy atom. The van der Waals surface area contributed by atoms with Crippen molar-refractivity contribution in [3.8, 4) is 0 Å². The molecular weight excluding hydrogens is 326 g/mol. The normalized spacial score (nSPS) is 23.1. The van der Waals surface area contributed by atoms with Crippen molar-refractivity contribution in [1.82, 2.24) is 5.32 Å². The molecule has 4 nitrogen and oxygen atoms in total. The third kappa shape index (κ3) is 5.27. The van der Waals surface area contributed by atoms with E-state index in [0.717, 1.165) is 38.0 Å². The van der Waals surface area contributed by atoms with Crippen LogP contribution in [0.3, 0.4) is 0 Å². The summed E-state index contributed by atoms with van der Waals surface area (Å²) < 4.78 is 0. The number of nitrogens with zero attached hydrogens (tertiary/aromatic N) is 2. The molecule has 0 aliphatic carbocycles. The van der Waals surface area contributed by atoms with Crippen molar-refractivity contribution in [2.24, 2.45) is 5.16 Å². The van der Waals surface area contributed by atoms with E-state index >= 15 is 0 Å². The number of halogens is 2. The van der Waals surface area contributed by atoms with Gasteiger partial charge in [0.05, 0.1) is 5.70 Å². The van der Waals surface area contributed by atoms with E-state index in [0.29, 0.717) is 5.71 Å². The number of allylic oxidation sites excluding steroid dienone is 2. The number of nitrogens with one attached hydrogen (secondary N) is 1. The van der Waals surface area contributed by atoms with Crippen LogP contribution in [0.5, 0.6) is 0 Å². The number of piperidine rings is 1. The summed E-state index contributed by atoms with van der Waals surface area (Å²) in [7, 11) is 9.90. The SMILES string of the molecule is [Cl][Zn][Cl].[O-]N=C(C1=CC=CCN1)C1CCCC[N-]1. The van der Waals surface area contributed by atoms with Gasteiger partial charge in [-0.25, -0.2) is 0 Å². The summed E-state index contributed by atoms with van der Waals surface area (Å²) in [5.41, 5.74) is 1.40. The standard InChI is InChI=1S/C11H16N3O.2ClH.Zn/c15-14-11(9-5-1-3-7-12-9)10-6-2-4-8-13-10;;;/h1,3,5,10,12,15H,2,4,6-8H2;2*1H;/q-1;;;+2/p-3. The van der Waals surface area contributed by atoms with Crippen molar-refractivity contribution in [2.45, 2.75) is 25.3 Å².